The molecule has 1 aromatic heterocycles. The van der Waals surface area contributed by atoms with E-state index in [4.69, 9.17) is 4.74 Å². The van der Waals surface area contributed by atoms with Gasteiger partial charge in [0.25, 0.3) is 0 Å². The van der Waals surface area contributed by atoms with Gasteiger partial charge in [-0.05, 0) is 53.8 Å². The quantitative estimate of drug-likeness (QED) is 0.681. The summed E-state index contributed by atoms with van der Waals surface area (Å²) in [5, 5.41) is 4.37. The first kappa shape index (κ1) is 20.1. The third kappa shape index (κ3) is 4.78. The summed E-state index contributed by atoms with van der Waals surface area (Å²) in [5.41, 5.74) is 2.14. The molecule has 2 aromatic rings. The summed E-state index contributed by atoms with van der Waals surface area (Å²) >= 11 is 1.76. The monoisotopic (exact) mass is 386 g/mol. The molecule has 146 valence electrons. The number of benzene rings is 1. The summed E-state index contributed by atoms with van der Waals surface area (Å²) < 4.78 is 5.62. The number of amides is 1. The minimum absolute atomic E-state index is 0.171. The molecule has 5 heteroatoms. The van der Waals surface area contributed by atoms with Crippen molar-refractivity contribution in [3.05, 3.63) is 52.7 Å². The van der Waals surface area contributed by atoms with E-state index in [0.29, 0.717) is 13.0 Å². The summed E-state index contributed by atoms with van der Waals surface area (Å²) in [7, 11) is 1.74. The van der Waals surface area contributed by atoms with Crippen molar-refractivity contribution in [2.45, 2.75) is 38.1 Å². The number of methoxy groups -OCH3 is 1. The van der Waals surface area contributed by atoms with Crippen LogP contribution in [-0.4, -0.2) is 49.7 Å². The molecule has 1 amide bonds. The fourth-order valence-corrected chi connectivity index (χ4v) is 4.74. The van der Waals surface area contributed by atoms with Crippen LogP contribution in [0.15, 0.2) is 47.2 Å². The lowest BCUT2D eigenvalue weighted by atomic mass is 9.85. The molecular weight excluding hydrogens is 356 g/mol. The van der Waals surface area contributed by atoms with Crippen molar-refractivity contribution in [2.24, 2.45) is 0 Å². The average molecular weight is 387 g/mol. The Morgan fingerprint density at radius 1 is 1.22 bits per heavy atom. The van der Waals surface area contributed by atoms with E-state index in [-0.39, 0.29) is 11.4 Å². The smallest absolute Gasteiger partial charge is 0.227 e. The molecule has 0 unspecified atom stereocenters. The number of thiophene rings is 1. The molecule has 1 saturated heterocycles. The number of nitrogens with zero attached hydrogens (tertiary/aromatic N) is 2. The second kappa shape index (κ2) is 9.49. The average Bonchev–Trinajstić information content (AvgIpc) is 3.22. The van der Waals surface area contributed by atoms with E-state index >= 15 is 0 Å². The lowest BCUT2D eigenvalue weighted by molar-refractivity contribution is -0.120. The van der Waals surface area contributed by atoms with E-state index in [2.05, 4.69) is 21.7 Å². The van der Waals surface area contributed by atoms with Crippen molar-refractivity contribution in [1.82, 2.24) is 4.90 Å². The predicted octanol–water partition coefficient (Wildman–Crippen LogP) is 4.21. The molecular formula is C22H30N2O2S. The summed E-state index contributed by atoms with van der Waals surface area (Å²) in [6.07, 6.45) is 3.47. The minimum atomic E-state index is -0.262. The lowest BCUT2D eigenvalue weighted by Crippen LogP contribution is -2.60. The van der Waals surface area contributed by atoms with Crippen LogP contribution >= 0.6 is 11.3 Å². The second-order valence-electron chi connectivity index (χ2n) is 7.30. The van der Waals surface area contributed by atoms with Crippen molar-refractivity contribution in [3.8, 4) is 0 Å². The van der Waals surface area contributed by atoms with Gasteiger partial charge in [-0.3, -0.25) is 4.79 Å². The van der Waals surface area contributed by atoms with Gasteiger partial charge in [-0.25, -0.2) is 0 Å². The predicted molar refractivity (Wildman–Crippen MR) is 113 cm³/mol. The van der Waals surface area contributed by atoms with E-state index in [1.165, 1.54) is 5.56 Å². The van der Waals surface area contributed by atoms with Crippen LogP contribution in [0.3, 0.4) is 0 Å². The van der Waals surface area contributed by atoms with Crippen LogP contribution in [0.4, 0.5) is 5.69 Å². The highest BCUT2D eigenvalue weighted by Gasteiger charge is 2.42. The number of piperidine rings is 1. The number of anilines is 1. The SMILES string of the molecule is CCC(=O)N(c1ccccc1)C1(COC)CCN(CCc2ccsc2)CC1. The number of carbonyl (C=O) groups is 1. The highest BCUT2D eigenvalue weighted by molar-refractivity contribution is 7.07. The molecule has 4 nitrogen and oxygen atoms in total. The molecule has 1 fully saturated rings. The Labute approximate surface area is 166 Å². The molecule has 0 N–H and O–H groups in total. The molecule has 3 rings (SSSR count). The van der Waals surface area contributed by atoms with Crippen LogP contribution in [-0.2, 0) is 16.0 Å². The molecule has 0 spiro atoms. The Balaban J connectivity index is 1.74. The molecule has 0 aliphatic carbocycles. The minimum Gasteiger partial charge on any atom is -0.382 e. The summed E-state index contributed by atoms with van der Waals surface area (Å²) in [6, 6.07) is 12.3. The largest absolute Gasteiger partial charge is 0.382 e. The van der Waals surface area contributed by atoms with Crippen LogP contribution in [0.5, 0.6) is 0 Å². The zero-order valence-corrected chi connectivity index (χ0v) is 17.2. The van der Waals surface area contributed by atoms with Crippen LogP contribution < -0.4 is 4.90 Å². The van der Waals surface area contributed by atoms with Gasteiger partial charge in [0.1, 0.15) is 0 Å². The Bertz CT molecular complexity index is 694. The fraction of sp³-hybridized carbons (Fsp3) is 0.500. The molecule has 0 bridgehead atoms. The molecule has 0 saturated carbocycles. The normalized spacial score (nSPS) is 17.0. The van der Waals surface area contributed by atoms with Crippen LogP contribution in [0.2, 0.25) is 0 Å². The van der Waals surface area contributed by atoms with Gasteiger partial charge < -0.3 is 14.5 Å². The number of hydrogen-bond donors (Lipinski definition) is 0. The number of rotatable bonds is 8. The fourth-order valence-electron chi connectivity index (χ4n) is 4.03. The van der Waals surface area contributed by atoms with Crippen LogP contribution in [0.1, 0.15) is 31.7 Å². The van der Waals surface area contributed by atoms with E-state index in [0.717, 1.165) is 44.6 Å². The maximum atomic E-state index is 12.9. The second-order valence-corrected chi connectivity index (χ2v) is 8.08. The van der Waals surface area contributed by atoms with Gasteiger partial charge in [0.15, 0.2) is 0 Å². The van der Waals surface area contributed by atoms with Gasteiger partial charge in [0.05, 0.1) is 12.1 Å². The van der Waals surface area contributed by atoms with E-state index in [1.807, 2.05) is 42.2 Å². The standard InChI is InChI=1S/C22H30N2O2S/c1-3-21(25)24(20-7-5-4-6-8-20)22(18-26-2)11-14-23(15-12-22)13-9-19-10-16-27-17-19/h4-8,10,16-17H,3,9,11-15,18H2,1-2H3. The van der Waals surface area contributed by atoms with Gasteiger partial charge in [-0.1, -0.05) is 25.1 Å². The third-order valence-electron chi connectivity index (χ3n) is 5.54. The third-order valence-corrected chi connectivity index (χ3v) is 6.27. The van der Waals surface area contributed by atoms with Crippen molar-refractivity contribution >= 4 is 22.9 Å². The first-order valence-corrected chi connectivity index (χ1v) is 10.7. The van der Waals surface area contributed by atoms with Gasteiger partial charge in [-0.15, -0.1) is 0 Å². The number of para-hydroxylation sites is 1. The Kier molecular flexibility index (Phi) is 7.05. The zero-order chi connectivity index (χ0) is 19.1. The van der Waals surface area contributed by atoms with Crippen molar-refractivity contribution < 1.29 is 9.53 Å². The van der Waals surface area contributed by atoms with Crippen molar-refractivity contribution in [1.29, 1.82) is 0 Å². The van der Waals surface area contributed by atoms with E-state index in [1.54, 1.807) is 18.4 Å². The number of carbonyl (C=O) groups excluding carboxylic acids is 1. The molecule has 1 aliphatic heterocycles. The summed E-state index contributed by atoms with van der Waals surface area (Å²) in [4.78, 5) is 17.5. The topological polar surface area (TPSA) is 32.8 Å². The summed E-state index contributed by atoms with van der Waals surface area (Å²) in [6.45, 7) is 5.58. The maximum Gasteiger partial charge on any atom is 0.227 e. The zero-order valence-electron chi connectivity index (χ0n) is 16.4. The van der Waals surface area contributed by atoms with Gasteiger partial charge in [-0.2, -0.15) is 11.3 Å². The van der Waals surface area contributed by atoms with Crippen LogP contribution in [0.25, 0.3) is 0 Å². The molecule has 0 atom stereocenters. The maximum absolute atomic E-state index is 12.9. The Hall–Kier alpha value is -1.69. The first-order valence-electron chi connectivity index (χ1n) is 9.79. The van der Waals surface area contributed by atoms with Crippen LogP contribution in [0, 0.1) is 0 Å². The van der Waals surface area contributed by atoms with Gasteiger partial charge in [0, 0.05) is 38.9 Å². The highest BCUT2D eigenvalue weighted by Crippen LogP contribution is 2.34. The van der Waals surface area contributed by atoms with E-state index in [9.17, 15) is 4.79 Å². The molecule has 1 aromatic carbocycles. The van der Waals surface area contributed by atoms with Crippen molar-refractivity contribution in [3.63, 3.8) is 0 Å². The first-order chi connectivity index (χ1) is 13.2. The van der Waals surface area contributed by atoms with Crippen molar-refractivity contribution in [2.75, 3.05) is 38.3 Å². The number of hydrogen-bond acceptors (Lipinski definition) is 4. The van der Waals surface area contributed by atoms with Gasteiger partial charge in [0.2, 0.25) is 5.91 Å². The number of ether oxygens (including phenoxy) is 1. The molecule has 0 radical (unpaired) electrons. The van der Waals surface area contributed by atoms with E-state index < -0.39 is 0 Å². The Morgan fingerprint density at radius 2 is 1.96 bits per heavy atom. The highest BCUT2D eigenvalue weighted by atomic mass is 32.1. The number of likely N-dealkylation sites (tertiary alicyclic amines) is 1. The molecule has 27 heavy (non-hydrogen) atoms. The summed E-state index contributed by atoms with van der Waals surface area (Å²) in [5.74, 6) is 0.171. The molecule has 2 heterocycles. The van der Waals surface area contributed by atoms with Gasteiger partial charge >= 0.3 is 0 Å². The molecule has 1 aliphatic rings. The Morgan fingerprint density at radius 3 is 2.56 bits per heavy atom. The lowest BCUT2D eigenvalue weighted by Gasteiger charge is -2.48.